The maximum absolute atomic E-state index is 8.56. The fourth-order valence-corrected chi connectivity index (χ4v) is 0. The normalized spacial score (nSPS) is 5.77. The fraction of sp³-hybridized carbons (Fsp3) is 0. The van der Waals surface area contributed by atoms with Gasteiger partial charge in [0.15, 0.2) is 0 Å². The summed E-state index contributed by atoms with van der Waals surface area (Å²) in [5.74, 6) is 0. The van der Waals surface area contributed by atoms with E-state index >= 15 is 0 Å². The van der Waals surface area contributed by atoms with E-state index in [2.05, 4.69) is 0 Å². The molecular weight excluding hydrogens is 324 g/mol. The molecular formula is AlO9V3. The average molecular weight is 324 g/mol. The molecule has 0 aromatic carbocycles. The first-order chi connectivity index (χ1) is 5.20. The van der Waals surface area contributed by atoms with Gasteiger partial charge in [-0.1, -0.05) is 0 Å². The van der Waals surface area contributed by atoms with Crippen molar-refractivity contribution in [1.29, 1.82) is 0 Å². The van der Waals surface area contributed by atoms with Crippen molar-refractivity contribution in [2.75, 3.05) is 0 Å². The summed E-state index contributed by atoms with van der Waals surface area (Å²) >= 11 is -11.8. The van der Waals surface area contributed by atoms with E-state index in [0.717, 1.165) is 0 Å². The summed E-state index contributed by atoms with van der Waals surface area (Å²) in [5.41, 5.74) is 0. The second kappa shape index (κ2) is 18.7. The Morgan fingerprint density at radius 3 is 0.538 bits per heavy atom. The monoisotopic (exact) mass is 324 g/mol. The van der Waals surface area contributed by atoms with E-state index in [4.69, 9.17) is 34.1 Å². The summed E-state index contributed by atoms with van der Waals surface area (Å²) in [6.07, 6.45) is 0. The quantitative estimate of drug-likeness (QED) is 0.397. The molecule has 0 spiro atoms. The molecule has 0 fully saturated rings. The molecule has 0 atom stereocenters. The van der Waals surface area contributed by atoms with Crippen molar-refractivity contribution in [3.05, 3.63) is 0 Å². The van der Waals surface area contributed by atoms with Crippen LogP contribution >= 0.6 is 0 Å². The van der Waals surface area contributed by atoms with Crippen molar-refractivity contribution in [3.63, 3.8) is 0 Å². The van der Waals surface area contributed by atoms with Crippen LogP contribution in [0.1, 0.15) is 0 Å². The van der Waals surface area contributed by atoms with Gasteiger partial charge in [0, 0.05) is 0 Å². The maximum atomic E-state index is 8.56. The van der Waals surface area contributed by atoms with Crippen LogP contribution in [-0.4, -0.2) is 17.4 Å². The summed E-state index contributed by atoms with van der Waals surface area (Å²) in [6.45, 7) is 0. The van der Waals surface area contributed by atoms with E-state index in [1.54, 1.807) is 0 Å². The molecule has 0 radical (unpaired) electrons. The molecule has 0 saturated carbocycles. The predicted molar refractivity (Wildman–Crippen MR) is 9.87 cm³/mol. The molecule has 9 nitrogen and oxygen atoms in total. The first-order valence-electron chi connectivity index (χ1n) is 1.64. The third kappa shape index (κ3) is 1670. The standard InChI is InChI=1S/Al.9O.3V/q+3;;;;;;;3*-1;;;. The van der Waals surface area contributed by atoms with Gasteiger partial charge < -0.3 is 0 Å². The molecule has 0 heterocycles. The van der Waals surface area contributed by atoms with Crippen molar-refractivity contribution in [2.45, 2.75) is 0 Å². The minimum atomic E-state index is -3.94. The average Bonchev–Trinajstić information content (AvgIpc) is 1.54. The zero-order valence-electron chi connectivity index (χ0n) is 5.59. The first-order valence-corrected chi connectivity index (χ1v) is 6.77. The van der Waals surface area contributed by atoms with E-state index < -0.39 is 46.2 Å². The Balaban J connectivity index is -0.0000000450. The summed E-state index contributed by atoms with van der Waals surface area (Å²) in [6, 6.07) is 0. The molecule has 0 amide bonds. The Morgan fingerprint density at radius 2 is 0.538 bits per heavy atom. The second-order valence-electron chi connectivity index (χ2n) is 0.671. The third-order valence-corrected chi connectivity index (χ3v) is 0. The molecule has 0 unspecified atom stereocenters. The van der Waals surface area contributed by atoms with Crippen LogP contribution in [0.5, 0.6) is 0 Å². The second-order valence-corrected chi connectivity index (χ2v) is 2.77. The van der Waals surface area contributed by atoms with Gasteiger partial charge in [0.1, 0.15) is 0 Å². The van der Waals surface area contributed by atoms with E-state index in [9.17, 15) is 0 Å². The summed E-state index contributed by atoms with van der Waals surface area (Å²) in [5, 5.41) is 0. The van der Waals surface area contributed by atoms with Gasteiger partial charge in [-0.2, -0.15) is 0 Å². The van der Waals surface area contributed by atoms with Crippen LogP contribution in [0.15, 0.2) is 0 Å². The van der Waals surface area contributed by atoms with Gasteiger partial charge in [0.2, 0.25) is 0 Å². The van der Waals surface area contributed by atoms with Gasteiger partial charge in [-0.05, 0) is 0 Å². The van der Waals surface area contributed by atoms with Crippen molar-refractivity contribution in [2.24, 2.45) is 0 Å². The van der Waals surface area contributed by atoms with Gasteiger partial charge in [-0.25, -0.2) is 0 Å². The molecule has 0 aromatic heterocycles. The van der Waals surface area contributed by atoms with E-state index in [-0.39, 0.29) is 17.4 Å². The van der Waals surface area contributed by atoms with Gasteiger partial charge >= 0.3 is 97.7 Å². The number of rotatable bonds is 0. The summed E-state index contributed by atoms with van der Waals surface area (Å²) in [4.78, 5) is 0. The Hall–Kier alpha value is 0.966. The Morgan fingerprint density at radius 1 is 0.538 bits per heavy atom. The van der Waals surface area contributed by atoms with Crippen LogP contribution in [-0.2, 0) is 68.2 Å². The molecule has 0 bridgehead atoms. The summed E-state index contributed by atoms with van der Waals surface area (Å²) < 4.78 is 77.1. The van der Waals surface area contributed by atoms with Crippen molar-refractivity contribution in [3.8, 4) is 0 Å². The molecule has 72 valence electrons. The molecule has 13 heteroatoms. The number of hydrogen-bond donors (Lipinski definition) is 0. The predicted octanol–water partition coefficient (Wildman–Crippen LogP) is -4.67. The molecule has 0 aliphatic carbocycles. The van der Waals surface area contributed by atoms with E-state index in [0.29, 0.717) is 0 Å². The minimum absolute atomic E-state index is 0. The number of hydrogen-bond acceptors (Lipinski definition) is 9. The van der Waals surface area contributed by atoms with Crippen LogP contribution in [0.4, 0.5) is 0 Å². The Bertz CT molecular complexity index is 208. The van der Waals surface area contributed by atoms with Gasteiger partial charge in [-0.15, -0.1) is 0 Å². The van der Waals surface area contributed by atoms with Crippen LogP contribution in [0, 0.1) is 0 Å². The molecule has 0 aromatic rings. The molecule has 13 heavy (non-hydrogen) atoms. The SMILES string of the molecule is [Al+3].[O]=[V](=[O])[O-].[O]=[V](=[O])[O-].[O]=[V](=[O])[O-]. The molecule has 0 rings (SSSR count). The van der Waals surface area contributed by atoms with Crippen molar-refractivity contribution in [1.82, 2.24) is 0 Å². The molecule has 0 aliphatic heterocycles. The van der Waals surface area contributed by atoms with Crippen LogP contribution in [0.3, 0.4) is 0 Å². The Labute approximate surface area is 97.0 Å². The third-order valence-electron chi connectivity index (χ3n) is 0. The fourth-order valence-electron chi connectivity index (χ4n) is 0. The zero-order valence-corrected chi connectivity index (χ0v) is 10.9. The van der Waals surface area contributed by atoms with Gasteiger partial charge in [0.05, 0.1) is 0 Å². The molecule has 0 aliphatic rings. The zero-order chi connectivity index (χ0) is 10.7. The van der Waals surface area contributed by atoms with Crippen molar-refractivity contribution < 1.29 is 80.3 Å². The van der Waals surface area contributed by atoms with E-state index in [1.807, 2.05) is 0 Å². The molecule has 0 saturated heterocycles. The van der Waals surface area contributed by atoms with Crippen LogP contribution in [0.25, 0.3) is 0 Å². The van der Waals surface area contributed by atoms with Crippen LogP contribution in [0.2, 0.25) is 0 Å². The first kappa shape index (κ1) is 23.6. The van der Waals surface area contributed by atoms with Crippen molar-refractivity contribution >= 4 is 17.4 Å². The van der Waals surface area contributed by atoms with Crippen LogP contribution < -0.4 is 12.1 Å². The topological polar surface area (TPSA) is 172 Å². The Kier molecular flexibility index (Phi) is 34.0. The van der Waals surface area contributed by atoms with Gasteiger partial charge in [0.25, 0.3) is 0 Å². The molecule has 0 N–H and O–H groups in total. The van der Waals surface area contributed by atoms with Gasteiger partial charge in [-0.3, -0.25) is 0 Å². The van der Waals surface area contributed by atoms with E-state index in [1.165, 1.54) is 0 Å². The summed E-state index contributed by atoms with van der Waals surface area (Å²) in [7, 11) is 0.